The summed E-state index contributed by atoms with van der Waals surface area (Å²) in [6.45, 7) is 1.58. The molecule has 4 heterocycles. The van der Waals surface area contributed by atoms with Crippen molar-refractivity contribution in [1.29, 1.82) is 5.26 Å². The SMILES string of the molecule is COCC(COC1CCN(C2CCN(c3ccc(C#N)cn3)CC2)C1=O)Nc1cnn(Cc2ccc(OC)cc2)c(=O)c1C(F)(F)F. The molecule has 47 heavy (non-hydrogen) atoms. The Balaban J connectivity index is 1.20. The van der Waals surface area contributed by atoms with Crippen molar-refractivity contribution in [1.82, 2.24) is 19.7 Å². The smallest absolute Gasteiger partial charge is 0.423 e. The third-order valence-corrected chi connectivity index (χ3v) is 8.34. The summed E-state index contributed by atoms with van der Waals surface area (Å²) in [7, 11) is 2.89. The number of nitrogens with zero attached hydrogens (tertiary/aromatic N) is 6. The van der Waals surface area contributed by atoms with E-state index >= 15 is 0 Å². The zero-order valence-electron chi connectivity index (χ0n) is 26.1. The van der Waals surface area contributed by atoms with Crippen LogP contribution >= 0.6 is 0 Å². The van der Waals surface area contributed by atoms with Crippen molar-refractivity contribution in [3.63, 3.8) is 0 Å². The second-order valence-corrected chi connectivity index (χ2v) is 11.4. The van der Waals surface area contributed by atoms with Gasteiger partial charge < -0.3 is 29.3 Å². The lowest BCUT2D eigenvalue weighted by molar-refractivity contribution is -0.139. The third kappa shape index (κ3) is 8.01. The number of nitriles is 1. The molecule has 0 saturated carbocycles. The summed E-state index contributed by atoms with van der Waals surface area (Å²) in [5, 5.41) is 15.7. The lowest BCUT2D eigenvalue weighted by Gasteiger charge is -2.37. The molecule has 5 rings (SSSR count). The van der Waals surface area contributed by atoms with Crippen LogP contribution < -0.4 is 20.5 Å². The summed E-state index contributed by atoms with van der Waals surface area (Å²) < 4.78 is 59.6. The molecule has 2 aliphatic rings. The Labute approximate surface area is 269 Å². The van der Waals surface area contributed by atoms with Gasteiger partial charge in [-0.3, -0.25) is 9.59 Å². The highest BCUT2D eigenvalue weighted by molar-refractivity contribution is 5.83. The molecule has 12 nitrogen and oxygen atoms in total. The average Bonchev–Trinajstić information content (AvgIpc) is 3.44. The fraction of sp³-hybridized carbons (Fsp3) is 0.469. The molecule has 2 atom stereocenters. The number of carbonyl (C=O) groups is 1. The third-order valence-electron chi connectivity index (χ3n) is 8.34. The van der Waals surface area contributed by atoms with Crippen LogP contribution in [0.2, 0.25) is 0 Å². The minimum absolute atomic E-state index is 0.0310. The van der Waals surface area contributed by atoms with Crippen LogP contribution in [0.3, 0.4) is 0 Å². The fourth-order valence-electron chi connectivity index (χ4n) is 5.91. The van der Waals surface area contributed by atoms with E-state index in [0.717, 1.165) is 29.5 Å². The molecule has 2 unspecified atom stereocenters. The van der Waals surface area contributed by atoms with E-state index in [-0.39, 0.29) is 31.7 Å². The Bertz CT molecular complexity index is 1620. The van der Waals surface area contributed by atoms with Gasteiger partial charge in [0.25, 0.3) is 11.5 Å². The molecule has 2 saturated heterocycles. The van der Waals surface area contributed by atoms with Crippen molar-refractivity contribution >= 4 is 17.4 Å². The van der Waals surface area contributed by atoms with Crippen molar-refractivity contribution in [3.05, 3.63) is 75.8 Å². The Kier molecular flexibility index (Phi) is 10.6. The summed E-state index contributed by atoms with van der Waals surface area (Å²) >= 11 is 0. The number of benzene rings is 1. The summed E-state index contributed by atoms with van der Waals surface area (Å²) in [6.07, 6.45) is -1.26. The molecule has 0 spiro atoms. The maximum atomic E-state index is 14.2. The van der Waals surface area contributed by atoms with Gasteiger partial charge in [0.15, 0.2) is 0 Å². The number of rotatable bonds is 12. The minimum Gasteiger partial charge on any atom is -0.497 e. The van der Waals surface area contributed by atoms with Gasteiger partial charge in [-0.1, -0.05) is 12.1 Å². The van der Waals surface area contributed by atoms with Crippen LogP contribution in [0.1, 0.15) is 36.0 Å². The first kappa shape index (κ1) is 33.7. The van der Waals surface area contributed by atoms with Gasteiger partial charge in [0.1, 0.15) is 29.3 Å². The van der Waals surface area contributed by atoms with E-state index in [1.165, 1.54) is 20.4 Å². The van der Waals surface area contributed by atoms with Gasteiger partial charge in [-0.2, -0.15) is 23.5 Å². The van der Waals surface area contributed by atoms with Crippen LogP contribution in [0, 0.1) is 11.3 Å². The van der Waals surface area contributed by atoms with Crippen LogP contribution in [0.5, 0.6) is 5.75 Å². The maximum Gasteiger partial charge on any atom is 0.423 e. The number of piperidine rings is 1. The van der Waals surface area contributed by atoms with Crippen molar-refractivity contribution in [2.24, 2.45) is 0 Å². The quantitative estimate of drug-likeness (QED) is 0.310. The molecule has 2 fully saturated rings. The highest BCUT2D eigenvalue weighted by Gasteiger charge is 2.40. The molecule has 2 aromatic heterocycles. The lowest BCUT2D eigenvalue weighted by atomic mass is 10.0. The van der Waals surface area contributed by atoms with Gasteiger partial charge in [-0.05, 0) is 42.7 Å². The topological polar surface area (TPSA) is 135 Å². The summed E-state index contributed by atoms with van der Waals surface area (Å²) in [5.41, 5.74) is -2.11. The number of methoxy groups -OCH3 is 2. The number of amides is 1. The molecule has 0 radical (unpaired) electrons. The molecule has 0 bridgehead atoms. The van der Waals surface area contributed by atoms with E-state index in [1.54, 1.807) is 30.3 Å². The standard InChI is InChI=1S/C32H36F3N7O5/c1-45-19-23(39-26-17-38-42(31(44)29(26)32(33,34)35)18-21-3-6-25(46-2)7-4-21)20-47-27-11-14-41(30(27)43)24-9-12-40(13-10-24)28-8-5-22(15-36)16-37-28/h3-8,16-17,23-24,27,39H,9-14,18-20H2,1-2H3. The number of hydrogen-bond acceptors (Lipinski definition) is 10. The normalized spacial score (nSPS) is 17.9. The number of anilines is 2. The van der Waals surface area contributed by atoms with Crippen molar-refractivity contribution in [2.75, 3.05) is 57.3 Å². The summed E-state index contributed by atoms with van der Waals surface area (Å²) in [6, 6.07) is 11.4. The predicted octanol–water partition coefficient (Wildman–Crippen LogP) is 3.30. The monoisotopic (exact) mass is 655 g/mol. The van der Waals surface area contributed by atoms with Crippen LogP contribution in [0.4, 0.5) is 24.7 Å². The zero-order chi connectivity index (χ0) is 33.6. The molecule has 1 aromatic carbocycles. The van der Waals surface area contributed by atoms with E-state index < -0.39 is 35.1 Å². The number of ether oxygens (including phenoxy) is 3. The van der Waals surface area contributed by atoms with Crippen molar-refractivity contribution < 1.29 is 32.2 Å². The first-order valence-electron chi connectivity index (χ1n) is 15.2. The fourth-order valence-corrected chi connectivity index (χ4v) is 5.91. The highest BCUT2D eigenvalue weighted by Crippen LogP contribution is 2.32. The summed E-state index contributed by atoms with van der Waals surface area (Å²) in [5.74, 6) is 1.20. The Morgan fingerprint density at radius 1 is 1.02 bits per heavy atom. The molecule has 0 aliphatic carbocycles. The number of hydrogen-bond donors (Lipinski definition) is 1. The number of carbonyl (C=O) groups excluding carboxylic acids is 1. The number of nitrogens with one attached hydrogen (secondary N) is 1. The predicted molar refractivity (Wildman–Crippen MR) is 165 cm³/mol. The van der Waals surface area contributed by atoms with Crippen LogP contribution in [-0.4, -0.2) is 90.8 Å². The number of pyridine rings is 1. The molecular weight excluding hydrogens is 619 g/mol. The van der Waals surface area contributed by atoms with Gasteiger partial charge in [0, 0.05) is 45.4 Å². The van der Waals surface area contributed by atoms with Gasteiger partial charge in [-0.15, -0.1) is 0 Å². The highest BCUT2D eigenvalue weighted by atomic mass is 19.4. The van der Waals surface area contributed by atoms with Crippen LogP contribution in [0.25, 0.3) is 0 Å². The molecule has 1 N–H and O–H groups in total. The first-order valence-corrected chi connectivity index (χ1v) is 15.2. The van der Waals surface area contributed by atoms with E-state index in [9.17, 15) is 22.8 Å². The second-order valence-electron chi connectivity index (χ2n) is 11.4. The Morgan fingerprint density at radius 3 is 2.38 bits per heavy atom. The number of likely N-dealkylation sites (tertiary alicyclic amines) is 1. The molecule has 1 amide bonds. The molecule has 250 valence electrons. The van der Waals surface area contributed by atoms with Crippen LogP contribution in [-0.2, 0) is 27.0 Å². The summed E-state index contributed by atoms with van der Waals surface area (Å²) in [4.78, 5) is 34.6. The number of aromatic nitrogens is 3. The van der Waals surface area contributed by atoms with E-state index in [0.29, 0.717) is 42.9 Å². The molecule has 15 heteroatoms. The number of halogens is 3. The first-order chi connectivity index (χ1) is 22.6. The van der Waals surface area contributed by atoms with Gasteiger partial charge in [0.05, 0.1) is 50.4 Å². The Morgan fingerprint density at radius 2 is 1.77 bits per heavy atom. The molecular formula is C32H36F3N7O5. The van der Waals surface area contributed by atoms with Gasteiger partial charge >= 0.3 is 6.18 Å². The lowest BCUT2D eigenvalue weighted by Crippen LogP contribution is -2.47. The Hall–Kier alpha value is -4.68. The van der Waals surface area contributed by atoms with Gasteiger partial charge in [0.2, 0.25) is 0 Å². The van der Waals surface area contributed by atoms with Crippen molar-refractivity contribution in [2.45, 2.75) is 50.2 Å². The van der Waals surface area contributed by atoms with E-state index in [2.05, 4.69) is 26.4 Å². The van der Waals surface area contributed by atoms with E-state index in [4.69, 9.17) is 19.5 Å². The maximum absolute atomic E-state index is 14.2. The van der Waals surface area contributed by atoms with Crippen molar-refractivity contribution in [3.8, 4) is 11.8 Å². The minimum atomic E-state index is -4.96. The van der Waals surface area contributed by atoms with Crippen LogP contribution in [0.15, 0.2) is 53.6 Å². The molecule has 2 aliphatic heterocycles. The van der Waals surface area contributed by atoms with Gasteiger partial charge in [-0.25, -0.2) is 9.67 Å². The largest absolute Gasteiger partial charge is 0.497 e. The average molecular weight is 656 g/mol. The second kappa shape index (κ2) is 14.8. The van der Waals surface area contributed by atoms with E-state index in [1.807, 2.05) is 11.0 Å². The zero-order valence-corrected chi connectivity index (χ0v) is 26.1. The number of alkyl halides is 3. The molecule has 3 aromatic rings.